The normalized spacial score (nSPS) is 18.3. The molecule has 3 aromatic rings. The Morgan fingerprint density at radius 1 is 1.00 bits per heavy atom. The third-order valence-corrected chi connectivity index (χ3v) is 6.41. The number of furan rings is 1. The van der Waals surface area contributed by atoms with E-state index in [1.165, 1.54) is 19.4 Å². The maximum Gasteiger partial charge on any atom is 0.335 e. The molecular weight excluding hydrogens is 466 g/mol. The minimum atomic E-state index is -2.27. The smallest absolute Gasteiger partial charge is 0.335 e. The molecule has 36 heavy (non-hydrogen) atoms. The molecule has 0 aliphatic carbocycles. The molecule has 4 rings (SSSR count). The van der Waals surface area contributed by atoms with Crippen molar-refractivity contribution in [3.63, 3.8) is 0 Å². The van der Waals surface area contributed by atoms with E-state index < -0.39 is 30.3 Å². The zero-order chi connectivity index (χ0) is 26.4. The van der Waals surface area contributed by atoms with Crippen molar-refractivity contribution in [3.8, 4) is 11.1 Å². The Morgan fingerprint density at radius 2 is 1.67 bits per heavy atom. The second-order valence-corrected chi connectivity index (χ2v) is 9.11. The first-order valence-electron chi connectivity index (χ1n) is 11.9. The number of hydrogen-bond acceptors (Lipinski definition) is 7. The van der Waals surface area contributed by atoms with Crippen molar-refractivity contribution in [2.75, 3.05) is 13.1 Å². The molecule has 1 saturated heterocycles. The molecule has 4 atom stereocenters. The molecular formula is C27H33NO8. The first kappa shape index (κ1) is 27.3. The fraction of sp³-hybridized carbons (Fsp3) is 0.407. The second kappa shape index (κ2) is 12.1. The monoisotopic (exact) mass is 499 g/mol. The van der Waals surface area contributed by atoms with Crippen LogP contribution in [0.15, 0.2) is 52.9 Å². The van der Waals surface area contributed by atoms with E-state index in [-0.39, 0.29) is 0 Å². The van der Waals surface area contributed by atoms with Crippen LogP contribution in [0.3, 0.4) is 0 Å². The summed E-state index contributed by atoms with van der Waals surface area (Å²) in [7, 11) is 0. The van der Waals surface area contributed by atoms with E-state index >= 15 is 0 Å². The van der Waals surface area contributed by atoms with Crippen LogP contribution in [-0.2, 0) is 16.0 Å². The van der Waals surface area contributed by atoms with Crippen LogP contribution in [0.1, 0.15) is 44.1 Å². The Hall–Kier alpha value is -3.24. The van der Waals surface area contributed by atoms with Gasteiger partial charge in [0.15, 0.2) is 12.2 Å². The number of aliphatic carboxylic acids is 2. The van der Waals surface area contributed by atoms with Gasteiger partial charge >= 0.3 is 11.9 Å². The van der Waals surface area contributed by atoms with Gasteiger partial charge in [0.25, 0.3) is 0 Å². The summed E-state index contributed by atoms with van der Waals surface area (Å²) in [6, 6.07) is 17.3. The average molecular weight is 500 g/mol. The van der Waals surface area contributed by atoms with Crippen LogP contribution in [0, 0.1) is 0 Å². The van der Waals surface area contributed by atoms with Crippen molar-refractivity contribution in [1.29, 1.82) is 0 Å². The molecule has 194 valence electrons. The highest BCUT2D eigenvalue weighted by Crippen LogP contribution is 2.29. The maximum atomic E-state index is 9.82. The van der Waals surface area contributed by atoms with Gasteiger partial charge in [-0.25, -0.2) is 9.59 Å². The predicted molar refractivity (Wildman–Crippen MR) is 134 cm³/mol. The highest BCUT2D eigenvalue weighted by atomic mass is 16.4. The number of benzene rings is 2. The summed E-state index contributed by atoms with van der Waals surface area (Å²) in [6.07, 6.45) is -1.39. The standard InChI is InChI=1S/C23H27NO2.C4H6O6/c1-16-5-4-11-24(16)12-10-22-15-21-14-20(8-9-23(21)26-22)19-7-3-6-18(13-19)17(2)25;5-1(3(7)8)2(6)4(9)10/h3,6-9,13-17,25H,4-5,10-12H2,1-2H3;1-2,5-6H,(H,7,8)(H,9,10)/t16-,17?;1-,2-/m11/s1. The van der Waals surface area contributed by atoms with Crippen molar-refractivity contribution in [2.24, 2.45) is 0 Å². The van der Waals surface area contributed by atoms with Gasteiger partial charge in [-0.05, 0) is 74.2 Å². The molecule has 9 nitrogen and oxygen atoms in total. The molecule has 1 fully saturated rings. The van der Waals surface area contributed by atoms with E-state index in [2.05, 4.69) is 48.2 Å². The van der Waals surface area contributed by atoms with Crippen molar-refractivity contribution >= 4 is 22.9 Å². The van der Waals surface area contributed by atoms with Crippen LogP contribution < -0.4 is 0 Å². The zero-order valence-corrected chi connectivity index (χ0v) is 20.4. The van der Waals surface area contributed by atoms with E-state index in [9.17, 15) is 14.7 Å². The van der Waals surface area contributed by atoms with Crippen molar-refractivity contribution in [1.82, 2.24) is 4.90 Å². The zero-order valence-electron chi connectivity index (χ0n) is 20.4. The highest BCUT2D eigenvalue weighted by Gasteiger charge is 2.29. The molecule has 2 aromatic carbocycles. The molecule has 0 radical (unpaired) electrons. The minimum absolute atomic E-state index is 0.452. The molecule has 0 amide bonds. The number of aliphatic hydroxyl groups excluding tert-OH is 3. The Kier molecular flexibility index (Phi) is 9.22. The fourth-order valence-corrected chi connectivity index (χ4v) is 4.23. The molecule has 0 bridgehead atoms. The first-order valence-corrected chi connectivity index (χ1v) is 11.9. The van der Waals surface area contributed by atoms with Gasteiger partial charge in [-0.15, -0.1) is 0 Å². The van der Waals surface area contributed by atoms with Crippen molar-refractivity contribution in [2.45, 2.75) is 57.5 Å². The van der Waals surface area contributed by atoms with Crippen LogP contribution in [0.5, 0.6) is 0 Å². The van der Waals surface area contributed by atoms with Crippen molar-refractivity contribution < 1.29 is 39.5 Å². The molecule has 1 unspecified atom stereocenters. The Morgan fingerprint density at radius 3 is 2.25 bits per heavy atom. The van der Waals surface area contributed by atoms with E-state index in [1.807, 2.05) is 12.1 Å². The third-order valence-electron chi connectivity index (χ3n) is 6.41. The number of rotatable bonds is 8. The summed E-state index contributed by atoms with van der Waals surface area (Å²) in [5.74, 6) is -2.47. The van der Waals surface area contributed by atoms with Gasteiger partial charge in [-0.2, -0.15) is 0 Å². The summed E-state index contributed by atoms with van der Waals surface area (Å²) < 4.78 is 6.05. The van der Waals surface area contributed by atoms with Gasteiger partial charge < -0.3 is 34.8 Å². The summed E-state index contributed by atoms with van der Waals surface area (Å²) in [5, 5.41) is 43.5. The van der Waals surface area contributed by atoms with Gasteiger partial charge in [-0.3, -0.25) is 0 Å². The van der Waals surface area contributed by atoms with Gasteiger partial charge in [-0.1, -0.05) is 24.3 Å². The summed E-state index contributed by atoms with van der Waals surface area (Å²) in [4.78, 5) is 22.1. The van der Waals surface area contributed by atoms with Crippen LogP contribution in [-0.4, -0.2) is 73.7 Å². The van der Waals surface area contributed by atoms with E-state index in [0.717, 1.165) is 46.4 Å². The molecule has 0 spiro atoms. The number of nitrogens with zero attached hydrogens (tertiary/aromatic N) is 1. The highest BCUT2D eigenvalue weighted by molar-refractivity contribution is 5.84. The molecule has 1 aliphatic heterocycles. The number of carboxylic acids is 2. The average Bonchev–Trinajstić information content (AvgIpc) is 3.46. The summed E-state index contributed by atoms with van der Waals surface area (Å²) in [6.45, 7) is 6.40. The Bertz CT molecular complexity index is 1170. The van der Waals surface area contributed by atoms with Crippen molar-refractivity contribution in [3.05, 3.63) is 59.9 Å². The molecule has 1 aromatic heterocycles. The van der Waals surface area contributed by atoms with Gasteiger partial charge in [0.05, 0.1) is 6.10 Å². The number of hydrogen-bond donors (Lipinski definition) is 5. The fourth-order valence-electron chi connectivity index (χ4n) is 4.23. The first-order chi connectivity index (χ1) is 17.1. The quantitative estimate of drug-likeness (QED) is 0.315. The Balaban J connectivity index is 0.000000308. The number of likely N-dealkylation sites (tertiary alicyclic amines) is 1. The van der Waals surface area contributed by atoms with Crippen LogP contribution >= 0.6 is 0 Å². The summed E-state index contributed by atoms with van der Waals surface area (Å²) in [5.41, 5.74) is 4.17. The number of aliphatic hydroxyl groups is 3. The van der Waals surface area contributed by atoms with E-state index in [4.69, 9.17) is 24.8 Å². The van der Waals surface area contributed by atoms with Gasteiger partial charge in [0.2, 0.25) is 0 Å². The van der Waals surface area contributed by atoms with Gasteiger partial charge in [0, 0.05) is 24.4 Å². The lowest BCUT2D eigenvalue weighted by molar-refractivity contribution is -0.165. The van der Waals surface area contributed by atoms with Crippen LogP contribution in [0.4, 0.5) is 0 Å². The summed E-state index contributed by atoms with van der Waals surface area (Å²) >= 11 is 0. The number of carboxylic acid groups (broad SMARTS) is 2. The second-order valence-electron chi connectivity index (χ2n) is 9.11. The van der Waals surface area contributed by atoms with E-state index in [1.54, 1.807) is 6.92 Å². The molecule has 5 N–H and O–H groups in total. The number of fused-ring (bicyclic) bond motifs is 1. The lowest BCUT2D eigenvalue weighted by Gasteiger charge is -2.19. The third kappa shape index (κ3) is 6.92. The molecule has 0 saturated carbocycles. The SMILES string of the molecule is CC(O)c1cccc(-c2ccc3oc(CCN4CCC[C@H]4C)cc3c2)c1.O=C(O)[C@H](O)[C@@H](O)C(=O)O. The minimum Gasteiger partial charge on any atom is -0.479 e. The molecule has 9 heteroatoms. The topological polar surface area (TPSA) is 152 Å². The molecule has 1 aliphatic rings. The van der Waals surface area contributed by atoms with E-state index in [0.29, 0.717) is 6.04 Å². The largest absolute Gasteiger partial charge is 0.479 e. The van der Waals surface area contributed by atoms with Gasteiger partial charge in [0.1, 0.15) is 11.3 Å². The Labute approximate surface area is 209 Å². The lowest BCUT2D eigenvalue weighted by Crippen LogP contribution is -2.39. The lowest BCUT2D eigenvalue weighted by atomic mass is 10.00. The van der Waals surface area contributed by atoms with Crippen LogP contribution in [0.2, 0.25) is 0 Å². The predicted octanol–water partition coefficient (Wildman–Crippen LogP) is 3.06. The maximum absolute atomic E-state index is 9.82. The number of carbonyl (C=O) groups is 2. The molecule has 2 heterocycles. The van der Waals surface area contributed by atoms with Crippen LogP contribution in [0.25, 0.3) is 22.1 Å².